The fourth-order valence-electron chi connectivity index (χ4n) is 0.672. The molecule has 2 unspecified atom stereocenters. The van der Waals surface area contributed by atoms with Crippen LogP contribution in [-0.2, 0) is 6.18 Å². The van der Waals surface area contributed by atoms with Crippen molar-refractivity contribution in [1.29, 1.82) is 0 Å². The Morgan fingerprint density at radius 2 is 1.38 bits per heavy atom. The van der Waals surface area contributed by atoms with E-state index in [0.29, 0.717) is 0 Å². The maximum atomic E-state index is 11.9. The first-order valence-electron chi connectivity index (χ1n) is 2.93. The molecule has 0 aliphatic carbocycles. The Bertz CT molecular complexity index is 245. The number of hydrogen-bond donors (Lipinski definition) is 0. The molecule has 0 spiro atoms. The van der Waals surface area contributed by atoms with Gasteiger partial charge in [0.2, 0.25) is 0 Å². The molecule has 2 atom stereocenters. The SMILES string of the molecule is Cl.FC(F)(F)c1ccc(P)cc1.P. The number of hydrogen-bond acceptors (Lipinski definition) is 0. The fraction of sp³-hybridized carbons (Fsp3) is 0.143. The van der Waals surface area contributed by atoms with Gasteiger partial charge in [-0.05, 0) is 17.4 Å². The van der Waals surface area contributed by atoms with Crippen LogP contribution in [0.2, 0.25) is 0 Å². The summed E-state index contributed by atoms with van der Waals surface area (Å²) < 4.78 is 35.7. The molecule has 6 heteroatoms. The molecule has 0 fully saturated rings. The van der Waals surface area contributed by atoms with E-state index in [0.717, 1.165) is 17.4 Å². The summed E-state index contributed by atoms with van der Waals surface area (Å²) in [5, 5.41) is 0.748. The van der Waals surface area contributed by atoms with Crippen LogP contribution in [0, 0.1) is 0 Å². The number of alkyl halides is 3. The molecule has 0 amide bonds. The zero-order chi connectivity index (χ0) is 8.48. The van der Waals surface area contributed by atoms with Gasteiger partial charge in [-0.25, -0.2) is 0 Å². The van der Waals surface area contributed by atoms with Gasteiger partial charge in [-0.3, -0.25) is 0 Å². The van der Waals surface area contributed by atoms with Gasteiger partial charge < -0.3 is 0 Å². The molecule has 0 aliphatic heterocycles. The summed E-state index contributed by atoms with van der Waals surface area (Å²) in [6, 6.07) is 4.94. The summed E-state index contributed by atoms with van der Waals surface area (Å²) in [6.45, 7) is 0. The first-order chi connectivity index (χ1) is 5.00. The Balaban J connectivity index is 0. The van der Waals surface area contributed by atoms with Crippen LogP contribution in [0.25, 0.3) is 0 Å². The van der Waals surface area contributed by atoms with E-state index in [1.165, 1.54) is 12.1 Å². The maximum absolute atomic E-state index is 11.9. The highest BCUT2D eigenvalue weighted by Crippen LogP contribution is 2.28. The van der Waals surface area contributed by atoms with E-state index in [9.17, 15) is 13.2 Å². The van der Waals surface area contributed by atoms with Crippen LogP contribution in [0.5, 0.6) is 0 Å². The van der Waals surface area contributed by atoms with Crippen LogP contribution < -0.4 is 5.30 Å². The molecule has 0 aliphatic rings. The second-order valence-corrected chi connectivity index (χ2v) is 2.79. The Morgan fingerprint density at radius 1 is 1.00 bits per heavy atom. The van der Waals surface area contributed by atoms with Crippen LogP contribution in [0.3, 0.4) is 0 Å². The average molecular weight is 249 g/mol. The van der Waals surface area contributed by atoms with E-state index in [4.69, 9.17) is 0 Å². The summed E-state index contributed by atoms with van der Waals surface area (Å²) in [7, 11) is 2.33. The molecular formula is C7H10ClF3P2. The normalized spacial score (nSPS) is 9.85. The lowest BCUT2D eigenvalue weighted by atomic mass is 10.2. The van der Waals surface area contributed by atoms with Gasteiger partial charge in [0.05, 0.1) is 5.56 Å². The highest BCUT2D eigenvalue weighted by molar-refractivity contribution is 7.27. The van der Waals surface area contributed by atoms with Crippen molar-refractivity contribution in [2.24, 2.45) is 0 Å². The lowest BCUT2D eigenvalue weighted by Gasteiger charge is -2.05. The molecule has 0 nitrogen and oxygen atoms in total. The predicted octanol–water partition coefficient (Wildman–Crippen LogP) is 2.69. The predicted molar refractivity (Wildman–Crippen MR) is 59.1 cm³/mol. The minimum absolute atomic E-state index is 0. The molecule has 0 saturated heterocycles. The van der Waals surface area contributed by atoms with E-state index in [2.05, 4.69) is 9.24 Å². The highest BCUT2D eigenvalue weighted by atomic mass is 35.5. The maximum Gasteiger partial charge on any atom is 0.416 e. The van der Waals surface area contributed by atoms with E-state index < -0.39 is 11.7 Å². The van der Waals surface area contributed by atoms with Gasteiger partial charge >= 0.3 is 6.18 Å². The molecule has 0 N–H and O–H groups in total. The lowest BCUT2D eigenvalue weighted by molar-refractivity contribution is -0.137. The topological polar surface area (TPSA) is 0 Å². The standard InChI is InChI=1S/C7H6F3P.ClH.H3P/c8-7(9,10)5-1-3-6(11)4-2-5;;/h1-4H,11H2;1H;1H3. The van der Waals surface area contributed by atoms with Gasteiger partial charge in [-0.1, -0.05) is 12.1 Å². The van der Waals surface area contributed by atoms with Crippen molar-refractivity contribution in [3.63, 3.8) is 0 Å². The van der Waals surface area contributed by atoms with Crippen molar-refractivity contribution in [1.82, 2.24) is 0 Å². The van der Waals surface area contributed by atoms with E-state index in [-0.39, 0.29) is 22.3 Å². The number of benzene rings is 1. The van der Waals surface area contributed by atoms with Crippen molar-refractivity contribution in [2.75, 3.05) is 0 Å². The molecule has 0 aromatic heterocycles. The summed E-state index contributed by atoms with van der Waals surface area (Å²) in [4.78, 5) is 0. The minimum Gasteiger partial charge on any atom is -0.166 e. The number of rotatable bonds is 0. The Morgan fingerprint density at radius 3 is 1.69 bits per heavy atom. The zero-order valence-electron chi connectivity index (χ0n) is 6.64. The first kappa shape index (κ1) is 15.6. The van der Waals surface area contributed by atoms with Gasteiger partial charge in [-0.15, -0.1) is 21.6 Å². The quantitative estimate of drug-likeness (QED) is 0.619. The van der Waals surface area contributed by atoms with Crippen LogP contribution in [0.1, 0.15) is 5.56 Å². The van der Waals surface area contributed by atoms with Crippen molar-refractivity contribution in [3.8, 4) is 0 Å². The molecular weight excluding hydrogens is 238 g/mol. The zero-order valence-corrected chi connectivity index (χ0v) is 10.0. The molecule has 0 heterocycles. The van der Waals surface area contributed by atoms with Crippen molar-refractivity contribution < 1.29 is 13.2 Å². The third-order valence-corrected chi connectivity index (χ3v) is 1.62. The van der Waals surface area contributed by atoms with Crippen LogP contribution in [0.15, 0.2) is 24.3 Å². The molecule has 76 valence electrons. The first-order valence-corrected chi connectivity index (χ1v) is 3.50. The second-order valence-electron chi connectivity index (χ2n) is 2.12. The average Bonchev–Trinajstić information content (AvgIpc) is 1.86. The molecule has 0 saturated carbocycles. The van der Waals surface area contributed by atoms with Crippen LogP contribution >= 0.6 is 31.5 Å². The molecule has 0 radical (unpaired) electrons. The van der Waals surface area contributed by atoms with E-state index >= 15 is 0 Å². The van der Waals surface area contributed by atoms with Gasteiger partial charge in [-0.2, -0.15) is 23.1 Å². The lowest BCUT2D eigenvalue weighted by Crippen LogP contribution is -2.05. The largest absolute Gasteiger partial charge is 0.416 e. The van der Waals surface area contributed by atoms with E-state index in [1.54, 1.807) is 0 Å². The Labute approximate surface area is 86.5 Å². The van der Waals surface area contributed by atoms with Crippen molar-refractivity contribution in [3.05, 3.63) is 29.8 Å². The monoisotopic (exact) mass is 248 g/mol. The van der Waals surface area contributed by atoms with Gasteiger partial charge in [0.1, 0.15) is 0 Å². The minimum atomic E-state index is -4.22. The van der Waals surface area contributed by atoms with Gasteiger partial charge in [0, 0.05) is 0 Å². The van der Waals surface area contributed by atoms with Crippen molar-refractivity contribution in [2.45, 2.75) is 6.18 Å². The Kier molecular flexibility index (Phi) is 6.97. The Hall–Kier alpha value is 0.160. The summed E-state index contributed by atoms with van der Waals surface area (Å²) >= 11 is 0. The van der Waals surface area contributed by atoms with E-state index in [1.807, 2.05) is 0 Å². The third-order valence-electron chi connectivity index (χ3n) is 1.24. The smallest absolute Gasteiger partial charge is 0.166 e. The highest BCUT2D eigenvalue weighted by Gasteiger charge is 2.29. The van der Waals surface area contributed by atoms with Crippen LogP contribution in [0.4, 0.5) is 13.2 Å². The van der Waals surface area contributed by atoms with Crippen molar-refractivity contribution >= 4 is 36.9 Å². The summed E-state index contributed by atoms with van der Waals surface area (Å²) in [5.74, 6) is 0. The van der Waals surface area contributed by atoms with Gasteiger partial charge in [0.25, 0.3) is 0 Å². The fourth-order valence-corrected chi connectivity index (χ4v) is 0.865. The molecule has 1 aromatic rings. The third kappa shape index (κ3) is 4.81. The molecule has 1 aromatic carbocycles. The molecule has 13 heavy (non-hydrogen) atoms. The van der Waals surface area contributed by atoms with Gasteiger partial charge in [0.15, 0.2) is 0 Å². The molecule has 1 rings (SSSR count). The summed E-state index contributed by atoms with van der Waals surface area (Å²) in [6.07, 6.45) is -4.22. The second kappa shape index (κ2) is 5.80. The van der Waals surface area contributed by atoms with Crippen LogP contribution in [-0.4, -0.2) is 0 Å². The number of halogens is 4. The summed E-state index contributed by atoms with van der Waals surface area (Å²) in [5.41, 5.74) is -0.608. The molecule has 0 bridgehead atoms.